The molecule has 0 atom stereocenters. The number of ether oxygens (including phenoxy) is 1. The summed E-state index contributed by atoms with van der Waals surface area (Å²) in [6.07, 6.45) is 2.20. The summed E-state index contributed by atoms with van der Waals surface area (Å²) in [7, 11) is 3.30. The number of benzene rings is 1. The van der Waals surface area contributed by atoms with Gasteiger partial charge in [0.25, 0.3) is 11.5 Å². The molecule has 0 spiro atoms. The first kappa shape index (κ1) is 17.2. The Kier molecular flexibility index (Phi) is 4.85. The van der Waals surface area contributed by atoms with E-state index in [0.717, 1.165) is 17.7 Å². The van der Waals surface area contributed by atoms with Crippen LogP contribution in [0.5, 0.6) is 5.75 Å². The highest BCUT2D eigenvalue weighted by Crippen LogP contribution is 2.25. The fourth-order valence-electron chi connectivity index (χ4n) is 2.65. The average molecular weight is 357 g/mol. The molecular formula is C18H19N3O3S. The van der Waals surface area contributed by atoms with Crippen molar-refractivity contribution in [1.29, 1.82) is 0 Å². The molecule has 0 N–H and O–H groups in total. The molecule has 0 saturated carbocycles. The van der Waals surface area contributed by atoms with E-state index < -0.39 is 0 Å². The highest BCUT2D eigenvalue weighted by Gasteiger charge is 2.19. The Labute approximate surface area is 149 Å². The Morgan fingerprint density at radius 1 is 1.32 bits per heavy atom. The van der Waals surface area contributed by atoms with E-state index in [1.807, 2.05) is 36.6 Å². The number of amides is 1. The summed E-state index contributed by atoms with van der Waals surface area (Å²) in [5, 5.41) is 1.87. The number of rotatable bonds is 5. The minimum absolute atomic E-state index is 0.0848. The van der Waals surface area contributed by atoms with E-state index in [1.165, 1.54) is 21.9 Å². The molecule has 0 aliphatic rings. The molecular weight excluding hydrogens is 338 g/mol. The fourth-order valence-corrected chi connectivity index (χ4v) is 3.50. The van der Waals surface area contributed by atoms with Gasteiger partial charge in [-0.25, -0.2) is 4.98 Å². The van der Waals surface area contributed by atoms with Gasteiger partial charge < -0.3 is 9.64 Å². The minimum atomic E-state index is -0.343. The van der Waals surface area contributed by atoms with Crippen molar-refractivity contribution in [3.63, 3.8) is 0 Å². The molecule has 1 aromatic carbocycles. The molecule has 2 heterocycles. The average Bonchev–Trinajstić information content (AvgIpc) is 3.07. The Morgan fingerprint density at radius 2 is 2.04 bits per heavy atom. The molecule has 0 radical (unpaired) electrons. The second-order valence-electron chi connectivity index (χ2n) is 5.67. The van der Waals surface area contributed by atoms with E-state index in [-0.39, 0.29) is 17.0 Å². The Morgan fingerprint density at radius 3 is 2.68 bits per heavy atom. The SMILES string of the molecule is CCCN(C)C(=O)c1cnc2scc(-c3ccc(OC)cc3)n2c1=O. The van der Waals surface area contributed by atoms with Crippen molar-refractivity contribution in [2.45, 2.75) is 13.3 Å². The number of fused-ring (bicyclic) bond motifs is 1. The second kappa shape index (κ2) is 7.06. The maximum absolute atomic E-state index is 12.9. The third kappa shape index (κ3) is 3.15. The molecule has 2 aromatic heterocycles. The number of carbonyl (C=O) groups is 1. The van der Waals surface area contributed by atoms with Crippen LogP contribution in [0.15, 0.2) is 40.6 Å². The summed E-state index contributed by atoms with van der Waals surface area (Å²) in [6.45, 7) is 2.58. The molecule has 7 heteroatoms. The second-order valence-corrected chi connectivity index (χ2v) is 6.51. The first-order chi connectivity index (χ1) is 12.1. The lowest BCUT2D eigenvalue weighted by atomic mass is 10.1. The summed E-state index contributed by atoms with van der Waals surface area (Å²) in [6, 6.07) is 7.43. The number of carbonyl (C=O) groups excluding carboxylic acids is 1. The summed E-state index contributed by atoms with van der Waals surface area (Å²) < 4.78 is 6.67. The molecule has 6 nitrogen and oxygen atoms in total. The normalized spacial score (nSPS) is 10.8. The number of thiazole rings is 1. The lowest BCUT2D eigenvalue weighted by molar-refractivity contribution is 0.0793. The number of nitrogens with zero attached hydrogens (tertiary/aromatic N) is 3. The Balaban J connectivity index is 2.11. The van der Waals surface area contributed by atoms with Gasteiger partial charge in [0, 0.05) is 25.2 Å². The third-order valence-electron chi connectivity index (χ3n) is 3.97. The van der Waals surface area contributed by atoms with Gasteiger partial charge in [-0.3, -0.25) is 14.0 Å². The van der Waals surface area contributed by atoms with Gasteiger partial charge in [0.05, 0.1) is 12.8 Å². The number of hydrogen-bond acceptors (Lipinski definition) is 5. The van der Waals surface area contributed by atoms with Gasteiger partial charge in [-0.15, -0.1) is 11.3 Å². The standard InChI is InChI=1S/C18H19N3O3S/c1-4-9-20(2)16(22)14-10-19-18-21(17(14)23)15(11-25-18)12-5-7-13(24-3)8-6-12/h5-8,10-11H,4,9H2,1-3H3. The van der Waals surface area contributed by atoms with Crippen molar-refractivity contribution in [3.05, 3.63) is 51.8 Å². The molecule has 3 rings (SSSR count). The molecule has 0 aliphatic heterocycles. The fraction of sp³-hybridized carbons (Fsp3) is 0.278. The quantitative estimate of drug-likeness (QED) is 0.704. The summed E-state index contributed by atoms with van der Waals surface area (Å²) in [5.41, 5.74) is 1.32. The van der Waals surface area contributed by atoms with Crippen LogP contribution in [0.4, 0.5) is 0 Å². The van der Waals surface area contributed by atoms with E-state index in [4.69, 9.17) is 4.74 Å². The van der Waals surface area contributed by atoms with Crippen LogP contribution in [0.2, 0.25) is 0 Å². The summed E-state index contributed by atoms with van der Waals surface area (Å²) >= 11 is 1.37. The zero-order valence-corrected chi connectivity index (χ0v) is 15.2. The lowest BCUT2D eigenvalue weighted by Crippen LogP contribution is -2.33. The largest absolute Gasteiger partial charge is 0.497 e. The molecule has 1 amide bonds. The van der Waals surface area contributed by atoms with Gasteiger partial charge in [0.15, 0.2) is 4.96 Å². The molecule has 3 aromatic rings. The summed E-state index contributed by atoms with van der Waals surface area (Å²) in [5.74, 6) is 0.437. The lowest BCUT2D eigenvalue weighted by Gasteiger charge is -2.15. The maximum atomic E-state index is 12.9. The van der Waals surface area contributed by atoms with Crippen molar-refractivity contribution < 1.29 is 9.53 Å². The van der Waals surface area contributed by atoms with Crippen LogP contribution >= 0.6 is 11.3 Å². The number of methoxy groups -OCH3 is 1. The van der Waals surface area contributed by atoms with Gasteiger partial charge in [-0.2, -0.15) is 0 Å². The monoisotopic (exact) mass is 357 g/mol. The van der Waals surface area contributed by atoms with Crippen LogP contribution in [0.25, 0.3) is 16.2 Å². The van der Waals surface area contributed by atoms with Crippen molar-refractivity contribution in [2.75, 3.05) is 20.7 Å². The zero-order chi connectivity index (χ0) is 18.0. The molecule has 130 valence electrons. The van der Waals surface area contributed by atoms with Crippen molar-refractivity contribution in [2.24, 2.45) is 0 Å². The van der Waals surface area contributed by atoms with Gasteiger partial charge in [0.2, 0.25) is 0 Å². The molecule has 0 fully saturated rings. The van der Waals surface area contributed by atoms with E-state index in [0.29, 0.717) is 17.2 Å². The number of aromatic nitrogens is 2. The van der Waals surface area contributed by atoms with Gasteiger partial charge >= 0.3 is 0 Å². The Hall–Kier alpha value is -2.67. The van der Waals surface area contributed by atoms with E-state index >= 15 is 0 Å². The topological polar surface area (TPSA) is 63.9 Å². The van der Waals surface area contributed by atoms with Crippen molar-refractivity contribution in [1.82, 2.24) is 14.3 Å². The molecule has 0 unspecified atom stereocenters. The van der Waals surface area contributed by atoms with Crippen molar-refractivity contribution in [3.8, 4) is 17.0 Å². The third-order valence-corrected chi connectivity index (χ3v) is 4.81. The first-order valence-corrected chi connectivity index (χ1v) is 8.84. The van der Waals surface area contributed by atoms with Crippen LogP contribution in [0, 0.1) is 0 Å². The van der Waals surface area contributed by atoms with Gasteiger partial charge in [-0.05, 0) is 36.2 Å². The number of hydrogen-bond donors (Lipinski definition) is 0. The highest BCUT2D eigenvalue weighted by molar-refractivity contribution is 7.15. The van der Waals surface area contributed by atoms with Crippen LogP contribution in [0.3, 0.4) is 0 Å². The van der Waals surface area contributed by atoms with Crippen LogP contribution in [0.1, 0.15) is 23.7 Å². The first-order valence-electron chi connectivity index (χ1n) is 7.96. The zero-order valence-electron chi connectivity index (χ0n) is 14.4. The molecule has 0 bridgehead atoms. The van der Waals surface area contributed by atoms with Crippen LogP contribution in [-0.4, -0.2) is 40.9 Å². The maximum Gasteiger partial charge on any atom is 0.271 e. The minimum Gasteiger partial charge on any atom is -0.497 e. The van der Waals surface area contributed by atoms with Gasteiger partial charge in [0.1, 0.15) is 11.3 Å². The molecule has 0 saturated heterocycles. The predicted molar refractivity (Wildman–Crippen MR) is 98.6 cm³/mol. The summed E-state index contributed by atoms with van der Waals surface area (Å²) in [4.78, 5) is 31.8. The highest BCUT2D eigenvalue weighted by atomic mass is 32.1. The van der Waals surface area contributed by atoms with E-state index in [9.17, 15) is 9.59 Å². The van der Waals surface area contributed by atoms with Crippen molar-refractivity contribution >= 4 is 22.2 Å². The smallest absolute Gasteiger partial charge is 0.271 e. The van der Waals surface area contributed by atoms with E-state index in [1.54, 1.807) is 19.1 Å². The Bertz CT molecular complexity index is 960. The predicted octanol–water partition coefficient (Wildman–Crippen LogP) is 2.91. The van der Waals surface area contributed by atoms with Gasteiger partial charge in [-0.1, -0.05) is 6.92 Å². The molecule has 25 heavy (non-hydrogen) atoms. The molecule has 0 aliphatic carbocycles. The van der Waals surface area contributed by atoms with Crippen LogP contribution in [-0.2, 0) is 0 Å². The van der Waals surface area contributed by atoms with Crippen LogP contribution < -0.4 is 10.3 Å². The van der Waals surface area contributed by atoms with E-state index in [2.05, 4.69) is 4.98 Å².